The van der Waals surface area contributed by atoms with Gasteiger partial charge in [0.05, 0.1) is 23.4 Å². The Bertz CT molecular complexity index is 792. The van der Waals surface area contributed by atoms with E-state index < -0.39 is 5.91 Å². The Morgan fingerprint density at radius 3 is 2.56 bits per heavy atom. The van der Waals surface area contributed by atoms with Gasteiger partial charge in [-0.2, -0.15) is 5.10 Å². The number of rotatable bonds is 6. The van der Waals surface area contributed by atoms with Crippen LogP contribution < -0.4 is 14.9 Å². The molecule has 0 heterocycles. The van der Waals surface area contributed by atoms with Crippen molar-refractivity contribution in [3.8, 4) is 11.5 Å². The lowest BCUT2D eigenvalue weighted by Crippen LogP contribution is -2.24. The summed E-state index contributed by atoms with van der Waals surface area (Å²) in [5.41, 5.74) is 3.04. The van der Waals surface area contributed by atoms with E-state index in [2.05, 4.69) is 26.5 Å². The summed E-state index contributed by atoms with van der Waals surface area (Å²) in [4.78, 5) is 11.8. The molecule has 0 aliphatic rings. The van der Waals surface area contributed by atoms with Crippen LogP contribution in [0.2, 0.25) is 15.1 Å². The molecular weight excluding hydrogens is 454 g/mol. The maximum Gasteiger partial charge on any atom is 0.277 e. The van der Waals surface area contributed by atoms with Gasteiger partial charge in [-0.1, -0.05) is 50.7 Å². The van der Waals surface area contributed by atoms with Gasteiger partial charge in [-0.25, -0.2) is 5.43 Å². The first-order valence-corrected chi connectivity index (χ1v) is 8.76. The van der Waals surface area contributed by atoms with E-state index in [0.717, 1.165) is 4.47 Å². The van der Waals surface area contributed by atoms with Crippen molar-refractivity contribution < 1.29 is 14.3 Å². The van der Waals surface area contributed by atoms with E-state index in [4.69, 9.17) is 44.3 Å². The number of amides is 1. The van der Waals surface area contributed by atoms with Crippen molar-refractivity contribution in [3.63, 3.8) is 0 Å². The van der Waals surface area contributed by atoms with Gasteiger partial charge in [0.1, 0.15) is 5.75 Å². The minimum atomic E-state index is -0.479. The number of methoxy groups -OCH3 is 1. The molecule has 0 radical (unpaired) electrons. The van der Waals surface area contributed by atoms with Crippen LogP contribution in [0, 0.1) is 0 Å². The molecule has 2 aromatic rings. The molecule has 0 aromatic heterocycles. The number of hydrazone groups is 1. The largest absolute Gasteiger partial charge is 0.496 e. The van der Waals surface area contributed by atoms with Crippen molar-refractivity contribution in [2.24, 2.45) is 5.10 Å². The summed E-state index contributed by atoms with van der Waals surface area (Å²) in [7, 11) is 1.55. The summed E-state index contributed by atoms with van der Waals surface area (Å²) in [5, 5.41) is 4.68. The molecule has 25 heavy (non-hydrogen) atoms. The highest BCUT2D eigenvalue weighted by Gasteiger charge is 2.11. The van der Waals surface area contributed by atoms with Crippen LogP contribution in [0.3, 0.4) is 0 Å². The quantitative estimate of drug-likeness (QED) is 0.484. The Labute approximate surface area is 168 Å². The third-order valence-corrected chi connectivity index (χ3v) is 4.17. The van der Waals surface area contributed by atoms with Crippen molar-refractivity contribution in [2.45, 2.75) is 0 Å². The summed E-state index contributed by atoms with van der Waals surface area (Å²) in [5.74, 6) is 0.324. The smallest absolute Gasteiger partial charge is 0.277 e. The van der Waals surface area contributed by atoms with Crippen LogP contribution in [-0.2, 0) is 4.79 Å². The molecule has 0 aliphatic carbocycles. The number of carbonyl (C=O) groups is 1. The normalized spacial score (nSPS) is 10.8. The highest BCUT2D eigenvalue weighted by molar-refractivity contribution is 9.10. The molecule has 132 valence electrons. The first kappa shape index (κ1) is 19.8. The molecule has 0 saturated carbocycles. The van der Waals surface area contributed by atoms with E-state index in [0.29, 0.717) is 16.3 Å². The Hall–Kier alpha value is -1.47. The topological polar surface area (TPSA) is 59.9 Å². The van der Waals surface area contributed by atoms with Gasteiger partial charge in [-0.15, -0.1) is 0 Å². The number of carbonyl (C=O) groups excluding carboxylic acids is 1. The molecule has 1 amide bonds. The monoisotopic (exact) mass is 464 g/mol. The zero-order valence-electron chi connectivity index (χ0n) is 12.9. The van der Waals surface area contributed by atoms with Crippen LogP contribution in [-0.4, -0.2) is 25.8 Å². The van der Waals surface area contributed by atoms with Crippen molar-refractivity contribution in [3.05, 3.63) is 55.4 Å². The fourth-order valence-corrected chi connectivity index (χ4v) is 3.12. The minimum Gasteiger partial charge on any atom is -0.496 e. The molecule has 0 unspecified atom stereocenters. The average molecular weight is 467 g/mol. The lowest BCUT2D eigenvalue weighted by molar-refractivity contribution is -0.123. The van der Waals surface area contributed by atoms with Crippen LogP contribution >= 0.6 is 50.7 Å². The maximum absolute atomic E-state index is 11.8. The van der Waals surface area contributed by atoms with Gasteiger partial charge >= 0.3 is 0 Å². The summed E-state index contributed by atoms with van der Waals surface area (Å²) in [6.45, 7) is -0.311. The Balaban J connectivity index is 1.94. The van der Waals surface area contributed by atoms with E-state index in [1.165, 1.54) is 18.3 Å². The van der Waals surface area contributed by atoms with Crippen molar-refractivity contribution in [2.75, 3.05) is 13.7 Å². The Morgan fingerprint density at radius 2 is 1.92 bits per heavy atom. The SMILES string of the molecule is COc1ccc(Br)cc1/C=N/NC(=O)COc1c(Cl)cc(Cl)cc1Cl. The standard InChI is InChI=1S/C16H12BrCl3N2O3/c1-24-14-3-2-10(17)4-9(14)7-21-22-15(23)8-25-16-12(19)5-11(18)6-13(16)20/h2-7H,8H2,1H3,(H,22,23)/b21-7+. The molecule has 1 N–H and O–H groups in total. The molecule has 0 atom stereocenters. The number of hydrogen-bond acceptors (Lipinski definition) is 4. The van der Waals surface area contributed by atoms with Gasteiger partial charge < -0.3 is 9.47 Å². The second kappa shape index (κ2) is 9.29. The maximum atomic E-state index is 11.8. The number of benzene rings is 2. The lowest BCUT2D eigenvalue weighted by atomic mass is 10.2. The molecular formula is C16H12BrCl3N2O3. The van der Waals surface area contributed by atoms with Crippen molar-refractivity contribution in [1.29, 1.82) is 0 Å². The average Bonchev–Trinajstić information content (AvgIpc) is 2.54. The second-order valence-electron chi connectivity index (χ2n) is 4.67. The third kappa shape index (κ3) is 5.78. The van der Waals surface area contributed by atoms with Gasteiger partial charge in [-0.05, 0) is 30.3 Å². The molecule has 0 bridgehead atoms. The van der Waals surface area contributed by atoms with Crippen LogP contribution in [0.25, 0.3) is 0 Å². The van der Waals surface area contributed by atoms with Crippen LogP contribution in [0.1, 0.15) is 5.56 Å². The fourth-order valence-electron chi connectivity index (χ4n) is 1.82. The van der Waals surface area contributed by atoms with E-state index >= 15 is 0 Å². The van der Waals surface area contributed by atoms with Crippen LogP contribution in [0.15, 0.2) is 39.9 Å². The molecule has 9 heteroatoms. The van der Waals surface area contributed by atoms with E-state index in [9.17, 15) is 4.79 Å². The number of hydrogen-bond donors (Lipinski definition) is 1. The molecule has 0 aliphatic heterocycles. The summed E-state index contributed by atoms with van der Waals surface area (Å²) >= 11 is 21.1. The van der Waals surface area contributed by atoms with Gasteiger partial charge in [-0.3, -0.25) is 4.79 Å². The van der Waals surface area contributed by atoms with E-state index in [1.807, 2.05) is 6.07 Å². The van der Waals surface area contributed by atoms with Gasteiger partial charge in [0.15, 0.2) is 12.4 Å². The molecule has 5 nitrogen and oxygen atoms in total. The lowest BCUT2D eigenvalue weighted by Gasteiger charge is -2.09. The minimum absolute atomic E-state index is 0.181. The first-order valence-electron chi connectivity index (χ1n) is 6.83. The summed E-state index contributed by atoms with van der Waals surface area (Å²) < 4.78 is 11.4. The van der Waals surface area contributed by atoms with Crippen molar-refractivity contribution in [1.82, 2.24) is 5.43 Å². The number of nitrogens with one attached hydrogen (secondary N) is 1. The highest BCUT2D eigenvalue weighted by Crippen LogP contribution is 2.35. The first-order chi connectivity index (χ1) is 11.9. The zero-order valence-corrected chi connectivity index (χ0v) is 16.7. The molecule has 0 saturated heterocycles. The summed E-state index contributed by atoms with van der Waals surface area (Å²) in [6, 6.07) is 8.36. The number of ether oxygens (including phenoxy) is 2. The number of nitrogens with zero attached hydrogens (tertiary/aromatic N) is 1. The van der Waals surface area contributed by atoms with Crippen LogP contribution in [0.5, 0.6) is 11.5 Å². The summed E-state index contributed by atoms with van der Waals surface area (Å²) in [6.07, 6.45) is 1.46. The predicted molar refractivity (Wildman–Crippen MR) is 103 cm³/mol. The van der Waals surface area contributed by atoms with E-state index in [1.54, 1.807) is 19.2 Å². The molecule has 0 spiro atoms. The fraction of sp³-hybridized carbons (Fsp3) is 0.125. The molecule has 0 fully saturated rings. The van der Waals surface area contributed by atoms with Gasteiger partial charge in [0.2, 0.25) is 0 Å². The van der Waals surface area contributed by atoms with E-state index in [-0.39, 0.29) is 22.4 Å². The van der Waals surface area contributed by atoms with Crippen molar-refractivity contribution >= 4 is 62.9 Å². The third-order valence-electron chi connectivity index (χ3n) is 2.90. The Morgan fingerprint density at radius 1 is 1.24 bits per heavy atom. The van der Waals surface area contributed by atoms with Crippen LogP contribution in [0.4, 0.5) is 0 Å². The zero-order chi connectivity index (χ0) is 18.4. The van der Waals surface area contributed by atoms with Gasteiger partial charge in [0, 0.05) is 15.1 Å². The predicted octanol–water partition coefficient (Wildman–Crippen LogP) is 4.95. The second-order valence-corrected chi connectivity index (χ2v) is 6.83. The number of halogens is 4. The highest BCUT2D eigenvalue weighted by atomic mass is 79.9. The Kier molecular flexibility index (Phi) is 7.38. The molecule has 2 aromatic carbocycles. The molecule has 2 rings (SSSR count). The van der Waals surface area contributed by atoms with Gasteiger partial charge in [0.25, 0.3) is 5.91 Å².